The summed E-state index contributed by atoms with van der Waals surface area (Å²) in [5.74, 6) is -1.18. The van der Waals surface area contributed by atoms with Gasteiger partial charge in [0, 0.05) is 0 Å². The standard InChI is InChI=1S/C21H20O10/c22-6-14-17(27)18(28)19(29)21(31-14)15-12(24)4-2-9-16(26)10(7-30-20(9)15)8-1-3-11(23)13(25)5-8/h1-5,7,14,17-19,21-25,27-29H,6H2/t14-,17+,18-,19+,21+/m1/s1. The topological polar surface area (TPSA) is 181 Å². The highest BCUT2D eigenvalue weighted by molar-refractivity contribution is 5.86. The molecule has 0 spiro atoms. The maximum absolute atomic E-state index is 13.1. The molecule has 1 aromatic heterocycles. The summed E-state index contributed by atoms with van der Waals surface area (Å²) in [6.45, 7) is -0.661. The van der Waals surface area contributed by atoms with Gasteiger partial charge >= 0.3 is 0 Å². The molecule has 1 saturated heterocycles. The van der Waals surface area contributed by atoms with Gasteiger partial charge in [-0.25, -0.2) is 0 Å². The zero-order valence-corrected chi connectivity index (χ0v) is 15.9. The van der Waals surface area contributed by atoms with Crippen LogP contribution in [0.25, 0.3) is 22.1 Å². The molecule has 1 fully saturated rings. The molecule has 0 aliphatic carbocycles. The fourth-order valence-electron chi connectivity index (χ4n) is 3.72. The maximum Gasteiger partial charge on any atom is 0.200 e. The smallest absolute Gasteiger partial charge is 0.200 e. The predicted molar refractivity (Wildman–Crippen MR) is 106 cm³/mol. The van der Waals surface area contributed by atoms with Crippen LogP contribution in [0.3, 0.4) is 0 Å². The van der Waals surface area contributed by atoms with Crippen LogP contribution in [0.4, 0.5) is 0 Å². The number of aromatic hydroxyl groups is 3. The van der Waals surface area contributed by atoms with Crippen molar-refractivity contribution in [3.63, 3.8) is 0 Å². The van der Waals surface area contributed by atoms with E-state index in [9.17, 15) is 40.5 Å². The minimum atomic E-state index is -1.69. The summed E-state index contributed by atoms with van der Waals surface area (Å²) in [6.07, 6.45) is -6.50. The predicted octanol–water partition coefficient (Wildman–Crippen LogP) is 0.0917. The van der Waals surface area contributed by atoms with Gasteiger partial charge in [0.05, 0.1) is 23.1 Å². The maximum atomic E-state index is 13.1. The molecule has 0 bridgehead atoms. The Morgan fingerprint density at radius 3 is 2.26 bits per heavy atom. The third-order valence-electron chi connectivity index (χ3n) is 5.42. The van der Waals surface area contributed by atoms with Gasteiger partial charge in [-0.05, 0) is 29.8 Å². The summed E-state index contributed by atoms with van der Waals surface area (Å²) in [5.41, 5.74) is -0.452. The van der Waals surface area contributed by atoms with E-state index in [2.05, 4.69) is 0 Å². The Balaban J connectivity index is 1.88. The molecule has 10 heteroatoms. The molecule has 5 atom stereocenters. The Bertz CT molecular complexity index is 1180. The highest BCUT2D eigenvalue weighted by atomic mass is 16.5. The first-order chi connectivity index (χ1) is 14.7. The first kappa shape index (κ1) is 21.1. The van der Waals surface area contributed by atoms with Gasteiger partial charge in [0.2, 0.25) is 5.43 Å². The van der Waals surface area contributed by atoms with Gasteiger partial charge in [-0.15, -0.1) is 0 Å². The quantitative estimate of drug-likeness (QED) is 0.280. The summed E-state index contributed by atoms with van der Waals surface area (Å²) in [5, 5.41) is 69.5. The minimum absolute atomic E-state index is 0.00910. The van der Waals surface area contributed by atoms with Crippen LogP contribution in [0.15, 0.2) is 45.8 Å². The summed E-state index contributed by atoms with van der Waals surface area (Å²) in [7, 11) is 0. The van der Waals surface area contributed by atoms with Crippen LogP contribution in [-0.2, 0) is 4.74 Å². The number of aliphatic hydroxyl groups excluding tert-OH is 4. The Morgan fingerprint density at radius 2 is 1.58 bits per heavy atom. The molecule has 7 N–H and O–H groups in total. The lowest BCUT2D eigenvalue weighted by Gasteiger charge is -2.40. The van der Waals surface area contributed by atoms with Gasteiger partial charge in [-0.1, -0.05) is 6.07 Å². The molecule has 0 saturated carbocycles. The Labute approximate surface area is 174 Å². The average molecular weight is 432 g/mol. The van der Waals surface area contributed by atoms with E-state index in [1.807, 2.05) is 0 Å². The van der Waals surface area contributed by atoms with Crippen molar-refractivity contribution >= 4 is 11.0 Å². The summed E-state index contributed by atoms with van der Waals surface area (Å²) in [6, 6.07) is 6.30. The fraction of sp³-hybridized carbons (Fsp3) is 0.286. The second-order valence-electron chi connectivity index (χ2n) is 7.31. The van der Waals surface area contributed by atoms with Gasteiger partial charge in [0.1, 0.15) is 48.1 Å². The summed E-state index contributed by atoms with van der Waals surface area (Å²) in [4.78, 5) is 13.1. The summed E-state index contributed by atoms with van der Waals surface area (Å²) < 4.78 is 11.1. The Kier molecular flexibility index (Phi) is 5.33. The molecule has 10 nitrogen and oxygen atoms in total. The number of hydrogen-bond donors (Lipinski definition) is 7. The minimum Gasteiger partial charge on any atom is -0.507 e. The molecule has 2 aromatic carbocycles. The number of benzene rings is 2. The molecular formula is C21H20O10. The van der Waals surface area contributed by atoms with Crippen molar-refractivity contribution in [2.45, 2.75) is 30.5 Å². The Hall–Kier alpha value is -3.15. The van der Waals surface area contributed by atoms with E-state index in [4.69, 9.17) is 9.15 Å². The monoisotopic (exact) mass is 432 g/mol. The lowest BCUT2D eigenvalue weighted by Crippen LogP contribution is -2.55. The third-order valence-corrected chi connectivity index (χ3v) is 5.42. The number of phenolic OH excluding ortho intramolecular Hbond substituents is 3. The average Bonchev–Trinajstić information content (AvgIpc) is 2.75. The van der Waals surface area contributed by atoms with Crippen molar-refractivity contribution in [1.29, 1.82) is 0 Å². The third kappa shape index (κ3) is 3.40. The van der Waals surface area contributed by atoms with Gasteiger partial charge in [-0.3, -0.25) is 4.79 Å². The molecule has 0 radical (unpaired) electrons. The van der Waals surface area contributed by atoms with Crippen molar-refractivity contribution in [3.8, 4) is 28.4 Å². The zero-order chi connectivity index (χ0) is 22.4. The number of phenols is 3. The number of ether oxygens (including phenoxy) is 1. The lowest BCUT2D eigenvalue weighted by atomic mass is 9.89. The first-order valence-electron chi connectivity index (χ1n) is 9.34. The van der Waals surface area contributed by atoms with Crippen LogP contribution < -0.4 is 5.43 Å². The first-order valence-corrected chi connectivity index (χ1v) is 9.34. The highest BCUT2D eigenvalue weighted by Crippen LogP contribution is 2.40. The molecular weight excluding hydrogens is 412 g/mol. The van der Waals surface area contributed by atoms with Gasteiger partial charge < -0.3 is 44.9 Å². The van der Waals surface area contributed by atoms with Gasteiger partial charge in [-0.2, -0.15) is 0 Å². The van der Waals surface area contributed by atoms with Crippen LogP contribution >= 0.6 is 0 Å². The number of fused-ring (bicyclic) bond motifs is 1. The van der Waals surface area contributed by atoms with Crippen molar-refractivity contribution in [2.75, 3.05) is 6.61 Å². The molecule has 2 heterocycles. The van der Waals surface area contributed by atoms with Crippen LogP contribution in [-0.4, -0.2) is 66.8 Å². The van der Waals surface area contributed by atoms with Crippen LogP contribution in [0.2, 0.25) is 0 Å². The second-order valence-corrected chi connectivity index (χ2v) is 7.31. The van der Waals surface area contributed by atoms with E-state index in [0.717, 1.165) is 6.26 Å². The van der Waals surface area contributed by atoms with Crippen molar-refractivity contribution in [3.05, 3.63) is 52.4 Å². The summed E-state index contributed by atoms with van der Waals surface area (Å²) >= 11 is 0. The van der Waals surface area contributed by atoms with Crippen molar-refractivity contribution in [1.82, 2.24) is 0 Å². The van der Waals surface area contributed by atoms with Crippen LogP contribution in [0.1, 0.15) is 11.7 Å². The molecule has 4 rings (SSSR count). The van der Waals surface area contributed by atoms with Gasteiger partial charge in [0.15, 0.2) is 11.5 Å². The van der Waals surface area contributed by atoms with E-state index in [-0.39, 0.29) is 33.4 Å². The van der Waals surface area contributed by atoms with E-state index in [1.165, 1.54) is 30.3 Å². The van der Waals surface area contributed by atoms with Gasteiger partial charge in [0.25, 0.3) is 0 Å². The lowest BCUT2D eigenvalue weighted by molar-refractivity contribution is -0.231. The second kappa shape index (κ2) is 7.84. The zero-order valence-electron chi connectivity index (χ0n) is 15.9. The highest BCUT2D eigenvalue weighted by Gasteiger charge is 2.45. The largest absolute Gasteiger partial charge is 0.507 e. The Morgan fingerprint density at radius 1 is 0.871 bits per heavy atom. The van der Waals surface area contributed by atoms with Crippen LogP contribution in [0.5, 0.6) is 17.2 Å². The molecule has 1 aliphatic rings. The van der Waals surface area contributed by atoms with E-state index < -0.39 is 54.1 Å². The van der Waals surface area contributed by atoms with E-state index in [0.29, 0.717) is 0 Å². The molecule has 3 aromatic rings. The molecule has 164 valence electrons. The molecule has 31 heavy (non-hydrogen) atoms. The normalized spacial score (nSPS) is 26.3. The van der Waals surface area contributed by atoms with Crippen molar-refractivity contribution < 1.29 is 44.9 Å². The fourth-order valence-corrected chi connectivity index (χ4v) is 3.72. The number of aliphatic hydroxyl groups is 4. The number of hydrogen-bond acceptors (Lipinski definition) is 10. The molecule has 0 unspecified atom stereocenters. The van der Waals surface area contributed by atoms with Crippen molar-refractivity contribution in [2.24, 2.45) is 0 Å². The van der Waals surface area contributed by atoms with E-state index >= 15 is 0 Å². The van der Waals surface area contributed by atoms with E-state index in [1.54, 1.807) is 0 Å². The molecule has 1 aliphatic heterocycles. The molecule has 0 amide bonds. The SMILES string of the molecule is O=c1c(-c2ccc(O)c(O)c2)coc2c([C@@H]3O[C@H](CO)[C@H](O)[C@@H](O)[C@@H]3O)c(O)ccc12. The van der Waals surface area contributed by atoms with Crippen LogP contribution in [0, 0.1) is 0 Å². The number of rotatable bonds is 3.